The first kappa shape index (κ1) is 26.9. The highest BCUT2D eigenvalue weighted by Gasteiger charge is 2.69. The van der Waals surface area contributed by atoms with Gasteiger partial charge in [0.25, 0.3) is 6.47 Å². The number of carbonyl (C=O) groups is 3. The Morgan fingerprint density at radius 3 is 2.08 bits per heavy atom. The molecule has 3 N–H and O–H groups in total. The molecule has 3 fully saturated rings. The van der Waals surface area contributed by atoms with Crippen molar-refractivity contribution in [2.24, 2.45) is 29.1 Å². The lowest BCUT2D eigenvalue weighted by Crippen LogP contribution is -2.44. The molecule has 1 aromatic rings. The molecule has 8 heteroatoms. The van der Waals surface area contributed by atoms with Crippen LogP contribution in [0.1, 0.15) is 44.1 Å². The van der Waals surface area contributed by atoms with Crippen LogP contribution in [0, 0.1) is 29.1 Å². The molecule has 196 valence electrons. The molecule has 1 saturated heterocycles. The van der Waals surface area contributed by atoms with E-state index < -0.39 is 0 Å². The molecular weight excluding hydrogens is 522 g/mol. The van der Waals surface area contributed by atoms with Crippen LogP contribution in [0.4, 0.5) is 0 Å². The largest absolute Gasteiger partial charge is 0.483 e. The minimum absolute atomic E-state index is 0.0596. The van der Waals surface area contributed by atoms with Crippen LogP contribution in [0.25, 0.3) is 0 Å². The quantitative estimate of drug-likeness (QED) is 0.231. The minimum atomic E-state index is -0.250. The number of unbranched alkanes of at least 4 members (excludes halogenated alkanes) is 1. The molecule has 1 spiro atoms. The van der Waals surface area contributed by atoms with Crippen LogP contribution < -0.4 is 10.6 Å². The van der Waals surface area contributed by atoms with Gasteiger partial charge in [-0.05, 0) is 99.5 Å². The molecular formula is C28H38BrN3O4. The molecule has 0 radical (unpaired) electrons. The molecule has 1 heterocycles. The normalized spacial score (nSPS) is 26.9. The van der Waals surface area contributed by atoms with Crippen molar-refractivity contribution in [2.75, 3.05) is 32.7 Å². The van der Waals surface area contributed by atoms with Gasteiger partial charge in [-0.3, -0.25) is 14.4 Å². The van der Waals surface area contributed by atoms with E-state index in [1.165, 1.54) is 31.5 Å². The molecule has 7 nitrogen and oxygen atoms in total. The number of amides is 2. The number of nitrogens with zero attached hydrogens (tertiary/aromatic N) is 1. The molecule has 36 heavy (non-hydrogen) atoms. The van der Waals surface area contributed by atoms with Gasteiger partial charge in [-0.15, -0.1) is 0 Å². The Morgan fingerprint density at radius 2 is 1.53 bits per heavy atom. The van der Waals surface area contributed by atoms with Gasteiger partial charge in [0.2, 0.25) is 11.8 Å². The van der Waals surface area contributed by atoms with Crippen LogP contribution in [0.3, 0.4) is 0 Å². The molecule has 2 amide bonds. The van der Waals surface area contributed by atoms with Crippen molar-refractivity contribution in [3.8, 4) is 0 Å². The highest BCUT2D eigenvalue weighted by Crippen LogP contribution is 2.72. The maximum absolute atomic E-state index is 13.3. The molecule has 2 saturated carbocycles. The van der Waals surface area contributed by atoms with E-state index in [4.69, 9.17) is 9.90 Å². The maximum Gasteiger partial charge on any atom is 0.290 e. The van der Waals surface area contributed by atoms with Crippen molar-refractivity contribution in [1.29, 1.82) is 0 Å². The van der Waals surface area contributed by atoms with Gasteiger partial charge < -0.3 is 20.6 Å². The van der Waals surface area contributed by atoms with Crippen molar-refractivity contribution in [3.63, 3.8) is 0 Å². The van der Waals surface area contributed by atoms with Crippen LogP contribution >= 0.6 is 15.9 Å². The Morgan fingerprint density at radius 1 is 0.972 bits per heavy atom. The van der Waals surface area contributed by atoms with Gasteiger partial charge in [0.05, 0.1) is 11.8 Å². The minimum Gasteiger partial charge on any atom is -0.483 e. The second kappa shape index (κ2) is 12.4. The van der Waals surface area contributed by atoms with Crippen molar-refractivity contribution in [3.05, 3.63) is 46.5 Å². The van der Waals surface area contributed by atoms with E-state index in [0.717, 1.165) is 49.7 Å². The summed E-state index contributed by atoms with van der Waals surface area (Å²) in [4.78, 5) is 37.5. The zero-order chi connectivity index (χ0) is 25.5. The topological polar surface area (TPSA) is 98.7 Å². The summed E-state index contributed by atoms with van der Waals surface area (Å²) in [5.74, 6) is 0.165. The molecule has 3 aliphatic carbocycles. The second-order valence-corrected chi connectivity index (χ2v) is 11.5. The number of carbonyl (C=O) groups excluding carboxylic acids is 2. The average molecular weight is 561 g/mol. The van der Waals surface area contributed by atoms with E-state index in [2.05, 4.69) is 55.7 Å². The predicted molar refractivity (Wildman–Crippen MR) is 142 cm³/mol. The van der Waals surface area contributed by atoms with Crippen LogP contribution in [-0.2, 0) is 20.8 Å². The number of hydrogen-bond acceptors (Lipinski definition) is 4. The fourth-order valence-electron chi connectivity index (χ4n) is 6.60. The SMILES string of the molecule is O=C(NCCCCN1CCCC1)[C@H]1[C@H](C(=O)NCCc2ccc(Br)cc2)[C@@H]2C=C[C@H]1C21CC1.O=CO. The van der Waals surface area contributed by atoms with Crippen molar-refractivity contribution in [1.82, 2.24) is 15.5 Å². The monoisotopic (exact) mass is 559 g/mol. The first-order valence-electron chi connectivity index (χ1n) is 13.3. The first-order valence-corrected chi connectivity index (χ1v) is 14.1. The number of hydrogen-bond donors (Lipinski definition) is 3. The van der Waals surface area contributed by atoms with Gasteiger partial charge in [-0.1, -0.05) is 40.2 Å². The van der Waals surface area contributed by atoms with Crippen LogP contribution in [0.5, 0.6) is 0 Å². The van der Waals surface area contributed by atoms with Crippen molar-refractivity contribution >= 4 is 34.2 Å². The van der Waals surface area contributed by atoms with Crippen molar-refractivity contribution in [2.45, 2.75) is 44.9 Å². The zero-order valence-electron chi connectivity index (χ0n) is 20.8. The highest BCUT2D eigenvalue weighted by molar-refractivity contribution is 9.10. The third-order valence-electron chi connectivity index (χ3n) is 8.47. The summed E-state index contributed by atoms with van der Waals surface area (Å²) in [5.41, 5.74) is 1.39. The number of allylic oxidation sites excluding steroid dienone is 2. The lowest BCUT2D eigenvalue weighted by Gasteiger charge is -2.26. The summed E-state index contributed by atoms with van der Waals surface area (Å²) in [6.45, 7) is 4.67. The maximum atomic E-state index is 13.3. The van der Waals surface area contributed by atoms with Crippen LogP contribution in [0.15, 0.2) is 40.9 Å². The fraction of sp³-hybridized carbons (Fsp3) is 0.607. The van der Waals surface area contributed by atoms with Gasteiger partial charge in [-0.2, -0.15) is 0 Å². The summed E-state index contributed by atoms with van der Waals surface area (Å²) in [7, 11) is 0. The molecule has 0 unspecified atom stereocenters. The number of nitrogens with one attached hydrogen (secondary N) is 2. The summed E-state index contributed by atoms with van der Waals surface area (Å²) in [6, 6.07) is 8.21. The summed E-state index contributed by atoms with van der Waals surface area (Å²) >= 11 is 3.46. The van der Waals surface area contributed by atoms with Gasteiger partial charge >= 0.3 is 0 Å². The molecule has 0 aromatic heterocycles. The predicted octanol–water partition coefficient (Wildman–Crippen LogP) is 3.63. The molecule has 4 aliphatic rings. The molecule has 1 aromatic carbocycles. The van der Waals surface area contributed by atoms with Crippen LogP contribution in [-0.4, -0.2) is 61.0 Å². The third kappa shape index (κ3) is 6.02. The summed E-state index contributed by atoms with van der Waals surface area (Å²) in [5, 5.41) is 13.2. The second-order valence-electron chi connectivity index (χ2n) is 10.5. The fourth-order valence-corrected chi connectivity index (χ4v) is 6.87. The number of likely N-dealkylation sites (tertiary alicyclic amines) is 1. The Hall–Kier alpha value is -2.19. The molecule has 2 bridgehead atoms. The van der Waals surface area contributed by atoms with Crippen LogP contribution in [0.2, 0.25) is 0 Å². The molecule has 1 aliphatic heterocycles. The average Bonchev–Trinajstić information content (AvgIpc) is 3.23. The highest BCUT2D eigenvalue weighted by atomic mass is 79.9. The number of halogens is 1. The van der Waals surface area contributed by atoms with E-state index in [1.807, 2.05) is 12.1 Å². The third-order valence-corrected chi connectivity index (χ3v) is 9.00. The van der Waals surface area contributed by atoms with Gasteiger partial charge in [0.1, 0.15) is 0 Å². The number of rotatable bonds is 10. The standard InChI is InChI=1S/C27H36BrN3O2.CH2O2/c28-20-7-5-19(6-8-20)11-15-30-26(33)24-22-10-9-21(27(22)12-13-27)23(24)25(32)29-14-1-2-16-31-17-3-4-18-31;2-1-3/h5-10,21-24H,1-4,11-18H2,(H,29,32)(H,30,33);1H,(H,2,3)/t21-,22+,23-,24-;/m1./s1. The lowest BCUT2D eigenvalue weighted by atomic mass is 9.81. The lowest BCUT2D eigenvalue weighted by molar-refractivity contribution is -0.135. The van der Waals surface area contributed by atoms with E-state index in [1.54, 1.807) is 0 Å². The summed E-state index contributed by atoms with van der Waals surface area (Å²) < 4.78 is 1.06. The number of benzene rings is 1. The van der Waals surface area contributed by atoms with E-state index in [9.17, 15) is 9.59 Å². The van der Waals surface area contributed by atoms with Gasteiger partial charge in [0, 0.05) is 17.6 Å². The smallest absolute Gasteiger partial charge is 0.290 e. The molecule has 5 rings (SSSR count). The number of carboxylic acid groups (broad SMARTS) is 1. The van der Waals surface area contributed by atoms with Gasteiger partial charge in [-0.25, -0.2) is 0 Å². The molecule has 4 atom stereocenters. The summed E-state index contributed by atoms with van der Waals surface area (Å²) in [6.07, 6.45) is 12.3. The first-order chi connectivity index (χ1) is 17.5. The Labute approximate surface area is 222 Å². The Bertz CT molecular complexity index is 941. The Balaban J connectivity index is 0.000000967. The van der Waals surface area contributed by atoms with Gasteiger partial charge in [0.15, 0.2) is 0 Å². The Kier molecular flexibility index (Phi) is 9.23. The van der Waals surface area contributed by atoms with E-state index in [-0.39, 0.29) is 47.4 Å². The zero-order valence-corrected chi connectivity index (χ0v) is 22.4. The van der Waals surface area contributed by atoms with Crippen molar-refractivity contribution < 1.29 is 19.5 Å². The van der Waals surface area contributed by atoms with E-state index in [0.29, 0.717) is 6.54 Å². The van der Waals surface area contributed by atoms with E-state index >= 15 is 0 Å².